The lowest BCUT2D eigenvalue weighted by Gasteiger charge is -2.26. The van der Waals surface area contributed by atoms with Gasteiger partial charge < -0.3 is 16.9 Å². The van der Waals surface area contributed by atoms with Crippen LogP contribution < -0.4 is 12.4 Å². The van der Waals surface area contributed by atoms with Crippen molar-refractivity contribution in [1.82, 2.24) is 0 Å². The van der Waals surface area contributed by atoms with Crippen molar-refractivity contribution in [2.45, 2.75) is 77.6 Å². The first kappa shape index (κ1) is 21.8. The van der Waals surface area contributed by atoms with E-state index in [0.29, 0.717) is 0 Å². The predicted molar refractivity (Wildman–Crippen MR) is 84.2 cm³/mol. The average Bonchev–Trinajstić information content (AvgIpc) is 2.36. The molecular weight excluding hydrogens is 277 g/mol. The third kappa shape index (κ3) is 16.5. The molecule has 19 heavy (non-hydrogen) atoms. The van der Waals surface area contributed by atoms with Crippen molar-refractivity contribution in [3.8, 4) is 0 Å². The topological polar surface area (TPSA) is 0 Å². The molecule has 0 aromatic heterocycles. The second-order valence-corrected chi connectivity index (χ2v) is 6.55. The summed E-state index contributed by atoms with van der Waals surface area (Å²) in [4.78, 5) is 0. The van der Waals surface area contributed by atoms with E-state index < -0.39 is 0 Å². The van der Waals surface area contributed by atoms with Gasteiger partial charge in [0.05, 0.1) is 20.6 Å². The maximum atomic E-state index is 5.90. The van der Waals surface area contributed by atoms with Gasteiger partial charge >= 0.3 is 0 Å². The van der Waals surface area contributed by atoms with Gasteiger partial charge in [-0.25, -0.2) is 0 Å². The number of halogens is 2. The maximum absolute atomic E-state index is 5.90. The van der Waals surface area contributed by atoms with Gasteiger partial charge in [-0.3, -0.25) is 0 Å². The molecule has 0 saturated heterocycles. The molecule has 0 amide bonds. The molecule has 0 aromatic rings. The molecule has 0 rings (SSSR count). The molecule has 0 spiro atoms. The molecule has 0 fully saturated rings. The van der Waals surface area contributed by atoms with Gasteiger partial charge in [-0.1, -0.05) is 76.3 Å². The van der Waals surface area contributed by atoms with E-state index in [1.54, 1.807) is 0 Å². The number of rotatable bonds is 13. The summed E-state index contributed by atoms with van der Waals surface area (Å²) in [6, 6.07) is 0.734. The van der Waals surface area contributed by atoms with Gasteiger partial charge in [-0.05, 0) is 12.8 Å². The van der Waals surface area contributed by atoms with Crippen LogP contribution >= 0.6 is 11.6 Å². The summed E-state index contributed by atoms with van der Waals surface area (Å²) in [5.41, 5.74) is 0. The minimum atomic E-state index is 0. The van der Waals surface area contributed by atoms with Crippen molar-refractivity contribution in [1.29, 1.82) is 0 Å². The van der Waals surface area contributed by atoms with Crippen molar-refractivity contribution >= 4 is 11.6 Å². The summed E-state index contributed by atoms with van der Waals surface area (Å²) >= 11 is 5.90. The van der Waals surface area contributed by atoms with Crippen LogP contribution in [0.2, 0.25) is 0 Å². The molecule has 0 heterocycles. The van der Waals surface area contributed by atoms with Crippen LogP contribution in [0.15, 0.2) is 0 Å². The van der Waals surface area contributed by atoms with Crippen LogP contribution in [0.5, 0.6) is 0 Å². The highest BCUT2D eigenvalue weighted by Gasteiger charge is 2.11. The lowest BCUT2D eigenvalue weighted by atomic mass is 10.1. The van der Waals surface area contributed by atoms with E-state index in [0.717, 1.165) is 10.5 Å². The van der Waals surface area contributed by atoms with E-state index in [9.17, 15) is 0 Å². The minimum absolute atomic E-state index is 0. The van der Waals surface area contributed by atoms with E-state index in [1.807, 2.05) is 0 Å². The molecule has 0 aliphatic heterocycles. The minimum Gasteiger partial charge on any atom is -1.00 e. The lowest BCUT2D eigenvalue weighted by Crippen LogP contribution is -3.00. The Hall–Kier alpha value is 0.540. The van der Waals surface area contributed by atoms with Gasteiger partial charge in [0.15, 0.2) is 6.00 Å². The fourth-order valence-electron chi connectivity index (χ4n) is 2.26. The van der Waals surface area contributed by atoms with E-state index in [1.165, 1.54) is 77.2 Å². The molecule has 0 aliphatic rings. The summed E-state index contributed by atoms with van der Waals surface area (Å²) in [5.74, 6) is 0. The number of hydrogen-bond acceptors (Lipinski definition) is 0. The van der Waals surface area contributed by atoms with Crippen LogP contribution in [0.1, 0.15) is 77.6 Å². The third-order valence-electron chi connectivity index (χ3n) is 3.69. The normalized spacial score (nSPS) is 11.4. The molecule has 0 unspecified atom stereocenters. The SMILES string of the molecule is CCCCCCCCCCCCC[N+](C)(C)CCl.[Cl-]. The van der Waals surface area contributed by atoms with Gasteiger partial charge in [-0.15, -0.1) is 0 Å². The molecule has 3 heteroatoms. The summed E-state index contributed by atoms with van der Waals surface area (Å²) in [6.07, 6.45) is 15.6. The molecule has 0 saturated carbocycles. The van der Waals surface area contributed by atoms with Gasteiger partial charge in [-0.2, -0.15) is 0 Å². The molecular formula is C16H35Cl2N. The van der Waals surface area contributed by atoms with Crippen LogP contribution in [0.3, 0.4) is 0 Å². The van der Waals surface area contributed by atoms with Crippen LogP contribution in [0.4, 0.5) is 0 Å². The van der Waals surface area contributed by atoms with Gasteiger partial charge in [0.1, 0.15) is 0 Å². The standard InChI is InChI=1S/C16H35ClN.ClH/c1-4-5-6-7-8-9-10-11-12-13-14-15-18(2,3)16-17;/h4-16H2,1-3H3;1H/q+1;/p-1. The van der Waals surface area contributed by atoms with Gasteiger partial charge in [0.25, 0.3) is 0 Å². The Morgan fingerprint density at radius 1 is 0.684 bits per heavy atom. The molecule has 1 nitrogen and oxygen atoms in total. The van der Waals surface area contributed by atoms with E-state index >= 15 is 0 Å². The number of hydrogen-bond donors (Lipinski definition) is 0. The summed E-state index contributed by atoms with van der Waals surface area (Å²) in [5, 5.41) is 0. The van der Waals surface area contributed by atoms with Crippen LogP contribution in [0.25, 0.3) is 0 Å². The monoisotopic (exact) mass is 311 g/mol. The number of alkyl halides is 1. The van der Waals surface area contributed by atoms with Crippen LogP contribution in [0, 0.1) is 0 Å². The Morgan fingerprint density at radius 3 is 1.42 bits per heavy atom. The Morgan fingerprint density at radius 2 is 1.05 bits per heavy atom. The van der Waals surface area contributed by atoms with Gasteiger partial charge in [0, 0.05) is 0 Å². The summed E-state index contributed by atoms with van der Waals surface area (Å²) in [6.45, 7) is 3.50. The highest BCUT2D eigenvalue weighted by Crippen LogP contribution is 2.12. The number of quaternary nitrogens is 1. The van der Waals surface area contributed by atoms with Crippen molar-refractivity contribution < 1.29 is 16.9 Å². The Balaban J connectivity index is 0. The zero-order valence-corrected chi connectivity index (χ0v) is 14.9. The lowest BCUT2D eigenvalue weighted by molar-refractivity contribution is -0.879. The largest absolute Gasteiger partial charge is 1.00 e. The van der Waals surface area contributed by atoms with Crippen molar-refractivity contribution in [3.63, 3.8) is 0 Å². The summed E-state index contributed by atoms with van der Waals surface area (Å²) < 4.78 is 0.957. The average molecular weight is 312 g/mol. The number of nitrogens with zero attached hydrogens (tertiary/aromatic N) is 1. The molecule has 0 radical (unpaired) electrons. The first-order chi connectivity index (χ1) is 8.62. The molecule has 0 aliphatic carbocycles. The van der Waals surface area contributed by atoms with Crippen molar-refractivity contribution in [2.75, 3.05) is 26.6 Å². The highest BCUT2D eigenvalue weighted by atomic mass is 35.5. The van der Waals surface area contributed by atoms with E-state index in [4.69, 9.17) is 11.6 Å². The zero-order chi connectivity index (χ0) is 13.7. The van der Waals surface area contributed by atoms with Gasteiger partial charge in [0.2, 0.25) is 0 Å². The number of unbranched alkanes of at least 4 members (excludes halogenated alkanes) is 10. The first-order valence-electron chi connectivity index (χ1n) is 8.00. The molecule has 0 N–H and O–H groups in total. The fourth-order valence-corrected chi connectivity index (χ4v) is 2.38. The van der Waals surface area contributed by atoms with Crippen LogP contribution in [-0.2, 0) is 0 Å². The van der Waals surface area contributed by atoms with E-state index in [2.05, 4.69) is 21.0 Å². The Bertz CT molecular complexity index is 172. The van der Waals surface area contributed by atoms with Crippen LogP contribution in [-0.4, -0.2) is 31.1 Å². The quantitative estimate of drug-likeness (QED) is 0.212. The van der Waals surface area contributed by atoms with E-state index in [-0.39, 0.29) is 12.4 Å². The Labute approximate surface area is 133 Å². The second-order valence-electron chi connectivity index (χ2n) is 6.31. The molecule has 0 aromatic carbocycles. The molecule has 0 atom stereocenters. The van der Waals surface area contributed by atoms with Crippen molar-refractivity contribution in [2.24, 2.45) is 0 Å². The zero-order valence-electron chi connectivity index (χ0n) is 13.4. The highest BCUT2D eigenvalue weighted by molar-refractivity contribution is 6.16. The second kappa shape index (κ2) is 14.9. The molecule has 0 bridgehead atoms. The summed E-state index contributed by atoms with van der Waals surface area (Å²) in [7, 11) is 4.42. The smallest absolute Gasteiger partial charge is 0.154 e. The fraction of sp³-hybridized carbons (Fsp3) is 1.00. The predicted octanol–water partition coefficient (Wildman–Crippen LogP) is 2.57. The first-order valence-corrected chi connectivity index (χ1v) is 8.54. The third-order valence-corrected chi connectivity index (χ3v) is 4.34. The maximum Gasteiger partial charge on any atom is 0.154 e. The molecule has 118 valence electrons. The Kier molecular flexibility index (Phi) is 17.2. The van der Waals surface area contributed by atoms with Crippen molar-refractivity contribution in [3.05, 3.63) is 0 Å².